The highest BCUT2D eigenvalue weighted by Gasteiger charge is 2.15. The molecule has 1 N–H and O–H groups in total. The highest BCUT2D eigenvalue weighted by Crippen LogP contribution is 2.32. The van der Waals surface area contributed by atoms with Gasteiger partial charge in [0, 0.05) is 26.2 Å². The molecule has 0 aliphatic carbocycles. The van der Waals surface area contributed by atoms with E-state index in [2.05, 4.69) is 48.8 Å². The quantitative estimate of drug-likeness (QED) is 0.605. The van der Waals surface area contributed by atoms with Gasteiger partial charge in [-0.05, 0) is 44.4 Å². The summed E-state index contributed by atoms with van der Waals surface area (Å²) in [4.78, 5) is 2.49. The fraction of sp³-hybridized carbons (Fsp3) is 0.579. The number of nitrogens with one attached hydrogen (secondary N) is 1. The Hall–Kier alpha value is -1.48. The van der Waals surface area contributed by atoms with E-state index in [-0.39, 0.29) is 6.10 Å². The Morgan fingerprint density at radius 2 is 1.95 bits per heavy atom. The molecule has 0 aromatic heterocycles. The van der Waals surface area contributed by atoms with Gasteiger partial charge >= 0.3 is 0 Å². The van der Waals surface area contributed by atoms with Gasteiger partial charge in [0.25, 0.3) is 0 Å². The Labute approximate surface area is 135 Å². The number of ether oxygens (including phenoxy) is 1. The number of benzene rings is 1. The fourth-order valence-electron chi connectivity index (χ4n) is 2.91. The van der Waals surface area contributed by atoms with E-state index >= 15 is 0 Å². The second kappa shape index (κ2) is 8.84. The highest BCUT2D eigenvalue weighted by atomic mass is 16.5. The van der Waals surface area contributed by atoms with Gasteiger partial charge in [-0.3, -0.25) is 0 Å². The highest BCUT2D eigenvalue weighted by molar-refractivity contribution is 5.60. The first kappa shape index (κ1) is 16.9. The molecule has 1 heterocycles. The van der Waals surface area contributed by atoms with Crippen molar-refractivity contribution in [3.05, 3.63) is 36.4 Å². The molecule has 0 radical (unpaired) electrons. The molecule has 0 bridgehead atoms. The van der Waals surface area contributed by atoms with E-state index in [1.807, 2.05) is 6.08 Å². The van der Waals surface area contributed by atoms with Crippen molar-refractivity contribution in [1.29, 1.82) is 0 Å². The van der Waals surface area contributed by atoms with Crippen LogP contribution in [0.4, 0.5) is 5.69 Å². The summed E-state index contributed by atoms with van der Waals surface area (Å²) in [5.74, 6) is 1.02. The third kappa shape index (κ3) is 5.06. The van der Waals surface area contributed by atoms with Gasteiger partial charge in [-0.25, -0.2) is 0 Å². The topological polar surface area (TPSA) is 24.5 Å². The number of rotatable bonds is 7. The van der Waals surface area contributed by atoms with Crippen LogP contribution in [0.1, 0.15) is 45.1 Å². The van der Waals surface area contributed by atoms with Crippen molar-refractivity contribution in [1.82, 2.24) is 5.32 Å². The third-order valence-corrected chi connectivity index (χ3v) is 3.95. The van der Waals surface area contributed by atoms with Crippen molar-refractivity contribution >= 4 is 5.69 Å². The molecule has 0 unspecified atom stereocenters. The van der Waals surface area contributed by atoms with E-state index in [0.29, 0.717) is 0 Å². The van der Waals surface area contributed by atoms with E-state index < -0.39 is 0 Å². The molecular weight excluding hydrogens is 272 g/mol. The van der Waals surface area contributed by atoms with Gasteiger partial charge in [-0.15, -0.1) is 6.58 Å². The Morgan fingerprint density at radius 1 is 1.23 bits per heavy atom. The minimum absolute atomic E-state index is 0.196. The summed E-state index contributed by atoms with van der Waals surface area (Å²) < 4.78 is 6.10. The lowest BCUT2D eigenvalue weighted by Crippen LogP contribution is -2.25. The Morgan fingerprint density at radius 3 is 2.59 bits per heavy atom. The second-order valence-corrected chi connectivity index (χ2v) is 6.29. The fourth-order valence-corrected chi connectivity index (χ4v) is 2.91. The maximum Gasteiger partial charge on any atom is 0.143 e. The smallest absolute Gasteiger partial charge is 0.143 e. The molecule has 1 aromatic rings. The lowest BCUT2D eigenvalue weighted by atomic mass is 10.1. The van der Waals surface area contributed by atoms with Gasteiger partial charge in [0.15, 0.2) is 0 Å². The molecule has 0 spiro atoms. The van der Waals surface area contributed by atoms with Gasteiger partial charge in [0.1, 0.15) is 5.75 Å². The van der Waals surface area contributed by atoms with Crippen molar-refractivity contribution in [3.8, 4) is 5.75 Å². The van der Waals surface area contributed by atoms with Crippen molar-refractivity contribution in [2.75, 3.05) is 24.5 Å². The summed E-state index contributed by atoms with van der Waals surface area (Å²) >= 11 is 0. The molecule has 0 atom stereocenters. The molecule has 3 nitrogen and oxygen atoms in total. The predicted molar refractivity (Wildman–Crippen MR) is 94.8 cm³/mol. The maximum atomic E-state index is 6.10. The van der Waals surface area contributed by atoms with Gasteiger partial charge in [-0.1, -0.05) is 25.0 Å². The first-order chi connectivity index (χ1) is 10.7. The average molecular weight is 302 g/mol. The standard InChI is InChI=1S/C19H30N2O/c1-4-11-20-15-17-9-10-18(19(14-17)22-16(2)3)21-12-7-5-6-8-13-21/h4,9-10,14,16,20H,1,5-8,11-13,15H2,2-3H3. The van der Waals surface area contributed by atoms with Crippen LogP contribution in [0.15, 0.2) is 30.9 Å². The second-order valence-electron chi connectivity index (χ2n) is 6.29. The lowest BCUT2D eigenvalue weighted by molar-refractivity contribution is 0.242. The number of hydrogen-bond donors (Lipinski definition) is 1. The van der Waals surface area contributed by atoms with Crippen LogP contribution >= 0.6 is 0 Å². The summed E-state index contributed by atoms with van der Waals surface area (Å²) in [6, 6.07) is 6.63. The van der Waals surface area contributed by atoms with Crippen molar-refractivity contribution < 1.29 is 4.74 Å². The minimum Gasteiger partial charge on any atom is -0.489 e. The van der Waals surface area contributed by atoms with Crippen molar-refractivity contribution in [2.45, 2.75) is 52.2 Å². The molecule has 122 valence electrons. The van der Waals surface area contributed by atoms with Crippen LogP contribution in [0.5, 0.6) is 5.75 Å². The van der Waals surface area contributed by atoms with E-state index in [1.165, 1.54) is 36.9 Å². The van der Waals surface area contributed by atoms with Gasteiger partial charge in [-0.2, -0.15) is 0 Å². The summed E-state index contributed by atoms with van der Waals surface area (Å²) in [6.45, 7) is 11.9. The first-order valence-corrected chi connectivity index (χ1v) is 8.57. The van der Waals surface area contributed by atoms with Crippen LogP contribution in [0.25, 0.3) is 0 Å². The number of hydrogen-bond acceptors (Lipinski definition) is 3. The van der Waals surface area contributed by atoms with Crippen LogP contribution in [0.3, 0.4) is 0 Å². The zero-order valence-corrected chi connectivity index (χ0v) is 14.1. The van der Waals surface area contributed by atoms with Crippen LogP contribution in [-0.2, 0) is 6.54 Å². The molecule has 22 heavy (non-hydrogen) atoms. The van der Waals surface area contributed by atoms with Crippen LogP contribution in [0.2, 0.25) is 0 Å². The monoisotopic (exact) mass is 302 g/mol. The zero-order valence-electron chi connectivity index (χ0n) is 14.1. The number of anilines is 1. The molecule has 0 saturated carbocycles. The lowest BCUT2D eigenvalue weighted by Gasteiger charge is -2.26. The normalized spacial score (nSPS) is 15.7. The van der Waals surface area contributed by atoms with E-state index in [0.717, 1.165) is 31.9 Å². The maximum absolute atomic E-state index is 6.10. The molecule has 1 saturated heterocycles. The van der Waals surface area contributed by atoms with E-state index in [9.17, 15) is 0 Å². The molecule has 1 aromatic carbocycles. The van der Waals surface area contributed by atoms with Crippen LogP contribution in [-0.4, -0.2) is 25.7 Å². The van der Waals surface area contributed by atoms with Crippen molar-refractivity contribution in [3.63, 3.8) is 0 Å². The predicted octanol–water partition coefficient (Wildman–Crippen LogP) is 4.13. The summed E-state index contributed by atoms with van der Waals surface area (Å²) in [7, 11) is 0. The van der Waals surface area contributed by atoms with Gasteiger partial charge < -0.3 is 15.0 Å². The van der Waals surface area contributed by atoms with Crippen molar-refractivity contribution in [2.24, 2.45) is 0 Å². The van der Waals surface area contributed by atoms with Crippen LogP contribution < -0.4 is 15.0 Å². The number of nitrogens with zero attached hydrogens (tertiary/aromatic N) is 1. The summed E-state index contributed by atoms with van der Waals surface area (Å²) in [5, 5.41) is 3.35. The Balaban J connectivity index is 2.17. The molecule has 2 rings (SSSR count). The largest absolute Gasteiger partial charge is 0.489 e. The van der Waals surface area contributed by atoms with E-state index in [1.54, 1.807) is 0 Å². The first-order valence-electron chi connectivity index (χ1n) is 8.57. The van der Waals surface area contributed by atoms with Gasteiger partial charge in [0.05, 0.1) is 11.8 Å². The summed E-state index contributed by atoms with van der Waals surface area (Å²) in [5.41, 5.74) is 2.51. The third-order valence-electron chi connectivity index (χ3n) is 3.95. The minimum atomic E-state index is 0.196. The molecular formula is C19H30N2O. The molecule has 3 heteroatoms. The molecule has 0 amide bonds. The SMILES string of the molecule is C=CCNCc1ccc(N2CCCCCC2)c(OC(C)C)c1. The summed E-state index contributed by atoms with van der Waals surface area (Å²) in [6.07, 6.45) is 7.34. The molecule has 1 aliphatic heterocycles. The van der Waals surface area contributed by atoms with E-state index in [4.69, 9.17) is 4.74 Å². The van der Waals surface area contributed by atoms with Gasteiger partial charge in [0.2, 0.25) is 0 Å². The Kier molecular flexibility index (Phi) is 6.78. The Bertz CT molecular complexity index is 463. The zero-order chi connectivity index (χ0) is 15.8. The molecule has 1 fully saturated rings. The van der Waals surface area contributed by atoms with Crippen LogP contribution in [0, 0.1) is 0 Å². The average Bonchev–Trinajstić information content (AvgIpc) is 2.76. The molecule has 1 aliphatic rings.